The quantitative estimate of drug-likeness (QED) is 0.587. The number of rotatable bonds is 1. The van der Waals surface area contributed by atoms with Crippen molar-refractivity contribution in [1.82, 2.24) is 10.6 Å². The Hall–Kier alpha value is -0.810. The van der Waals surface area contributed by atoms with Gasteiger partial charge in [-0.25, -0.2) is 4.79 Å². The molecule has 1 saturated heterocycles. The van der Waals surface area contributed by atoms with Crippen molar-refractivity contribution < 1.29 is 14.6 Å². The fraction of sp³-hybridized carbons (Fsp3) is 0.900. The molecule has 1 aliphatic rings. The molecule has 88 valence electrons. The van der Waals surface area contributed by atoms with E-state index in [4.69, 9.17) is 4.74 Å². The van der Waals surface area contributed by atoms with Gasteiger partial charge >= 0.3 is 6.09 Å². The number of nitrogens with one attached hydrogen (secondary N) is 2. The maximum Gasteiger partial charge on any atom is 0.407 e. The Labute approximate surface area is 90.2 Å². The van der Waals surface area contributed by atoms with Gasteiger partial charge in [-0.15, -0.1) is 0 Å². The average Bonchev–Trinajstić information content (AvgIpc) is 2.05. The third-order valence-electron chi connectivity index (χ3n) is 2.15. The largest absolute Gasteiger partial charge is 0.444 e. The average molecular weight is 216 g/mol. The second kappa shape index (κ2) is 4.81. The molecule has 0 bridgehead atoms. The van der Waals surface area contributed by atoms with E-state index in [0.29, 0.717) is 6.54 Å². The molecule has 0 aromatic rings. The van der Waals surface area contributed by atoms with Gasteiger partial charge in [0, 0.05) is 6.54 Å². The van der Waals surface area contributed by atoms with Gasteiger partial charge < -0.3 is 20.5 Å². The lowest BCUT2D eigenvalue weighted by atomic mass is 10.0. The van der Waals surface area contributed by atoms with Crippen molar-refractivity contribution in [3.05, 3.63) is 0 Å². The molecule has 15 heavy (non-hydrogen) atoms. The molecule has 1 fully saturated rings. The van der Waals surface area contributed by atoms with Crippen LogP contribution in [0.25, 0.3) is 0 Å². The molecule has 2 atom stereocenters. The first-order chi connectivity index (χ1) is 6.88. The van der Waals surface area contributed by atoms with Crippen molar-refractivity contribution in [2.75, 3.05) is 13.1 Å². The first kappa shape index (κ1) is 12.3. The van der Waals surface area contributed by atoms with Gasteiger partial charge in [0.2, 0.25) is 0 Å². The summed E-state index contributed by atoms with van der Waals surface area (Å²) in [6.45, 7) is 6.75. The van der Waals surface area contributed by atoms with Crippen LogP contribution in [0.4, 0.5) is 4.79 Å². The van der Waals surface area contributed by atoms with Crippen LogP contribution in [-0.2, 0) is 4.74 Å². The molecular formula is C10H20N2O3. The Morgan fingerprint density at radius 2 is 2.20 bits per heavy atom. The molecule has 5 nitrogen and oxygen atoms in total. The maximum atomic E-state index is 11.4. The lowest BCUT2D eigenvalue weighted by Crippen LogP contribution is -2.53. The van der Waals surface area contributed by atoms with E-state index in [1.54, 1.807) is 0 Å². The van der Waals surface area contributed by atoms with Gasteiger partial charge in [0.15, 0.2) is 0 Å². The van der Waals surface area contributed by atoms with Gasteiger partial charge in [-0.1, -0.05) is 0 Å². The second-order valence-corrected chi connectivity index (χ2v) is 4.81. The van der Waals surface area contributed by atoms with E-state index >= 15 is 0 Å². The molecule has 3 N–H and O–H groups in total. The molecule has 0 aliphatic carbocycles. The van der Waals surface area contributed by atoms with Crippen molar-refractivity contribution in [2.45, 2.75) is 44.9 Å². The van der Waals surface area contributed by atoms with Crippen molar-refractivity contribution >= 4 is 6.09 Å². The summed E-state index contributed by atoms with van der Waals surface area (Å²) in [5.41, 5.74) is -0.498. The highest BCUT2D eigenvalue weighted by Crippen LogP contribution is 2.09. The van der Waals surface area contributed by atoms with Crippen molar-refractivity contribution in [1.29, 1.82) is 0 Å². The summed E-state index contributed by atoms with van der Waals surface area (Å²) in [5, 5.41) is 15.3. The summed E-state index contributed by atoms with van der Waals surface area (Å²) >= 11 is 0. The number of hydrogen-bond acceptors (Lipinski definition) is 4. The van der Waals surface area contributed by atoms with Gasteiger partial charge in [-0.05, 0) is 33.7 Å². The zero-order chi connectivity index (χ0) is 11.5. The van der Waals surface area contributed by atoms with E-state index < -0.39 is 17.8 Å². The number of aliphatic hydroxyl groups is 1. The lowest BCUT2D eigenvalue weighted by molar-refractivity contribution is 0.0386. The fourth-order valence-electron chi connectivity index (χ4n) is 1.47. The Morgan fingerprint density at radius 3 is 2.73 bits per heavy atom. The van der Waals surface area contributed by atoms with Crippen LogP contribution in [-0.4, -0.2) is 42.0 Å². The topological polar surface area (TPSA) is 70.6 Å². The predicted octanol–water partition coefficient (Wildman–Crippen LogP) is 0.234. The molecule has 0 unspecified atom stereocenters. The van der Waals surface area contributed by atoms with Crippen LogP contribution >= 0.6 is 0 Å². The normalized spacial score (nSPS) is 27.2. The third-order valence-corrected chi connectivity index (χ3v) is 2.15. The van der Waals surface area contributed by atoms with Crippen LogP contribution < -0.4 is 10.6 Å². The smallest absolute Gasteiger partial charge is 0.407 e. The van der Waals surface area contributed by atoms with Gasteiger partial charge in [-0.3, -0.25) is 0 Å². The van der Waals surface area contributed by atoms with E-state index in [1.165, 1.54) is 0 Å². The molecule has 0 aromatic heterocycles. The van der Waals surface area contributed by atoms with E-state index in [1.807, 2.05) is 20.8 Å². The first-order valence-corrected chi connectivity index (χ1v) is 5.27. The summed E-state index contributed by atoms with van der Waals surface area (Å²) in [4.78, 5) is 11.4. The minimum atomic E-state index is -0.536. The Morgan fingerprint density at radius 1 is 1.53 bits per heavy atom. The number of β-amino-alcohol motifs (C(OH)–C–C–N with tert-alkyl or cyclic N) is 1. The van der Waals surface area contributed by atoms with E-state index in [-0.39, 0.29) is 6.04 Å². The molecule has 0 spiro atoms. The molecule has 1 heterocycles. The summed E-state index contributed by atoms with van der Waals surface area (Å²) in [7, 11) is 0. The van der Waals surface area contributed by atoms with Crippen molar-refractivity contribution in [3.8, 4) is 0 Å². The van der Waals surface area contributed by atoms with E-state index in [2.05, 4.69) is 10.6 Å². The van der Waals surface area contributed by atoms with E-state index in [9.17, 15) is 9.90 Å². The van der Waals surface area contributed by atoms with Crippen LogP contribution in [0.1, 0.15) is 27.2 Å². The van der Waals surface area contributed by atoms with Crippen LogP contribution in [0.5, 0.6) is 0 Å². The van der Waals surface area contributed by atoms with Crippen LogP contribution in [0.2, 0.25) is 0 Å². The molecule has 5 heteroatoms. The number of carbonyl (C=O) groups excluding carboxylic acids is 1. The second-order valence-electron chi connectivity index (χ2n) is 4.81. The van der Waals surface area contributed by atoms with E-state index in [0.717, 1.165) is 13.0 Å². The van der Waals surface area contributed by atoms with Crippen molar-refractivity contribution in [3.63, 3.8) is 0 Å². The number of hydrogen-bond donors (Lipinski definition) is 3. The Balaban J connectivity index is 2.36. The monoisotopic (exact) mass is 216 g/mol. The SMILES string of the molecule is CC(C)(C)OC(=O)N[C@@H]1CCNC[C@@H]1O. The number of amides is 1. The maximum absolute atomic E-state index is 11.4. The zero-order valence-corrected chi connectivity index (χ0v) is 9.54. The molecule has 1 aliphatic heterocycles. The molecule has 0 saturated carbocycles. The molecule has 0 aromatic carbocycles. The van der Waals surface area contributed by atoms with Gasteiger partial charge in [0.1, 0.15) is 5.60 Å². The predicted molar refractivity (Wildman–Crippen MR) is 56.7 cm³/mol. The molecular weight excluding hydrogens is 196 g/mol. The summed E-state index contributed by atoms with van der Waals surface area (Å²) < 4.78 is 5.11. The van der Waals surface area contributed by atoms with Crippen molar-refractivity contribution in [2.24, 2.45) is 0 Å². The highest BCUT2D eigenvalue weighted by atomic mass is 16.6. The molecule has 0 radical (unpaired) electrons. The van der Waals surface area contributed by atoms with Crippen LogP contribution in [0.15, 0.2) is 0 Å². The van der Waals surface area contributed by atoms with Crippen LogP contribution in [0.3, 0.4) is 0 Å². The lowest BCUT2D eigenvalue weighted by Gasteiger charge is -2.30. The van der Waals surface area contributed by atoms with Gasteiger partial charge in [-0.2, -0.15) is 0 Å². The van der Waals surface area contributed by atoms with Crippen LogP contribution in [0, 0.1) is 0 Å². The molecule has 1 rings (SSSR count). The Bertz CT molecular complexity index is 225. The number of aliphatic hydroxyl groups excluding tert-OH is 1. The summed E-state index contributed by atoms with van der Waals surface area (Å²) in [5.74, 6) is 0. The minimum absolute atomic E-state index is 0.207. The number of piperidine rings is 1. The fourth-order valence-corrected chi connectivity index (χ4v) is 1.47. The summed E-state index contributed by atoms with van der Waals surface area (Å²) in [6.07, 6.45) is -0.278. The standard InChI is InChI=1S/C10H20N2O3/c1-10(2,3)15-9(14)12-7-4-5-11-6-8(7)13/h7-8,11,13H,4-6H2,1-3H3,(H,12,14)/t7-,8+/m1/s1. The first-order valence-electron chi connectivity index (χ1n) is 5.27. The van der Waals surface area contributed by atoms with Gasteiger partial charge in [0.25, 0.3) is 0 Å². The minimum Gasteiger partial charge on any atom is -0.444 e. The highest BCUT2D eigenvalue weighted by Gasteiger charge is 2.26. The highest BCUT2D eigenvalue weighted by molar-refractivity contribution is 5.68. The number of ether oxygens (including phenoxy) is 1. The van der Waals surface area contributed by atoms with Gasteiger partial charge in [0.05, 0.1) is 12.1 Å². The third kappa shape index (κ3) is 4.48. The number of carbonyl (C=O) groups is 1. The number of alkyl carbamates (subject to hydrolysis) is 1. The Kier molecular flexibility index (Phi) is 3.93. The molecule has 1 amide bonds. The zero-order valence-electron chi connectivity index (χ0n) is 9.54. The summed E-state index contributed by atoms with van der Waals surface area (Å²) in [6, 6.07) is -0.207.